The number of anilines is 1. The van der Waals surface area contributed by atoms with E-state index in [0.29, 0.717) is 29.5 Å². The number of fused-ring (bicyclic) bond motifs is 1. The van der Waals surface area contributed by atoms with Crippen LogP contribution in [0.1, 0.15) is 5.56 Å². The molecule has 0 aliphatic carbocycles. The van der Waals surface area contributed by atoms with Crippen LogP contribution in [-0.2, 0) is 11.2 Å². The lowest BCUT2D eigenvalue weighted by Gasteiger charge is -2.13. The Bertz CT molecular complexity index is 1010. The maximum Gasteiger partial charge on any atom is 0.265 e. The summed E-state index contributed by atoms with van der Waals surface area (Å²) in [6.07, 6.45) is 4.94. The summed E-state index contributed by atoms with van der Waals surface area (Å²) in [5.41, 5.74) is 3.53. The van der Waals surface area contributed by atoms with Crippen molar-refractivity contribution in [3.05, 3.63) is 60.6 Å². The molecule has 3 aromatic rings. The summed E-state index contributed by atoms with van der Waals surface area (Å²) in [5.74, 6) is 1.38. The molecule has 0 radical (unpaired) electrons. The Labute approximate surface area is 162 Å². The molecular weight excluding hydrogens is 358 g/mol. The van der Waals surface area contributed by atoms with Gasteiger partial charge >= 0.3 is 0 Å². The molecule has 4 rings (SSSR count). The average Bonchev–Trinajstić information content (AvgIpc) is 3.19. The fourth-order valence-electron chi connectivity index (χ4n) is 3.22. The highest BCUT2D eigenvalue weighted by molar-refractivity contribution is 5.95. The highest BCUT2D eigenvalue weighted by Crippen LogP contribution is 2.35. The minimum absolute atomic E-state index is 0.245. The van der Waals surface area contributed by atoms with Crippen molar-refractivity contribution in [2.75, 3.05) is 19.5 Å². The molecule has 1 aliphatic rings. The van der Waals surface area contributed by atoms with E-state index in [1.54, 1.807) is 51.0 Å². The van der Waals surface area contributed by atoms with E-state index in [-0.39, 0.29) is 5.91 Å². The molecule has 0 spiro atoms. The van der Waals surface area contributed by atoms with Crippen LogP contribution in [0.15, 0.2) is 55.0 Å². The molecule has 7 nitrogen and oxygen atoms in total. The molecule has 2 aromatic heterocycles. The van der Waals surface area contributed by atoms with Gasteiger partial charge in [0.2, 0.25) is 5.88 Å². The van der Waals surface area contributed by atoms with Crippen molar-refractivity contribution in [2.45, 2.75) is 12.5 Å². The molecule has 0 fully saturated rings. The molecule has 1 atom stereocenters. The Kier molecular flexibility index (Phi) is 4.80. The lowest BCUT2D eigenvalue weighted by atomic mass is 9.99. The van der Waals surface area contributed by atoms with Crippen molar-refractivity contribution in [3.63, 3.8) is 0 Å². The quantitative estimate of drug-likeness (QED) is 0.736. The standard InChI is InChI=1S/C21H19N3O4/c1-26-17-4-3-14(11-18(17)27-2)24-20(25)19-12-16-15(7-10-23-21(16)28-19)13-5-8-22-9-6-13/h3-11,19H,12H2,1-2H3,(H,24,25). The monoisotopic (exact) mass is 377 g/mol. The fraction of sp³-hybridized carbons (Fsp3) is 0.190. The van der Waals surface area contributed by atoms with Crippen molar-refractivity contribution in [2.24, 2.45) is 0 Å². The second-order valence-electron chi connectivity index (χ2n) is 6.25. The average molecular weight is 377 g/mol. The first-order chi connectivity index (χ1) is 13.7. The predicted octanol–water partition coefficient (Wildman–Crippen LogP) is 3.10. The van der Waals surface area contributed by atoms with Gasteiger partial charge in [0.1, 0.15) is 0 Å². The first kappa shape index (κ1) is 17.8. The third-order valence-electron chi connectivity index (χ3n) is 4.59. The minimum Gasteiger partial charge on any atom is -0.493 e. The van der Waals surface area contributed by atoms with Crippen molar-refractivity contribution in [3.8, 4) is 28.5 Å². The van der Waals surface area contributed by atoms with Gasteiger partial charge in [-0.2, -0.15) is 0 Å². The van der Waals surface area contributed by atoms with Crippen LogP contribution in [0.5, 0.6) is 17.4 Å². The van der Waals surface area contributed by atoms with Crippen molar-refractivity contribution < 1.29 is 19.0 Å². The summed E-state index contributed by atoms with van der Waals surface area (Å²) in [6.45, 7) is 0. The molecular formula is C21H19N3O4. The first-order valence-electron chi connectivity index (χ1n) is 8.77. The maximum absolute atomic E-state index is 12.7. The van der Waals surface area contributed by atoms with Crippen LogP contribution in [0, 0.1) is 0 Å². The smallest absolute Gasteiger partial charge is 0.265 e. The molecule has 0 saturated heterocycles. The molecule has 7 heteroatoms. The second-order valence-corrected chi connectivity index (χ2v) is 6.25. The van der Waals surface area contributed by atoms with Crippen molar-refractivity contribution in [1.29, 1.82) is 0 Å². The number of nitrogens with one attached hydrogen (secondary N) is 1. The lowest BCUT2D eigenvalue weighted by Crippen LogP contribution is -2.31. The molecule has 1 amide bonds. The lowest BCUT2D eigenvalue weighted by molar-refractivity contribution is -0.122. The summed E-state index contributed by atoms with van der Waals surface area (Å²) < 4.78 is 16.3. The van der Waals surface area contributed by atoms with Crippen LogP contribution < -0.4 is 19.5 Å². The molecule has 3 heterocycles. The van der Waals surface area contributed by atoms with Crippen LogP contribution in [-0.4, -0.2) is 36.2 Å². The Hall–Kier alpha value is -3.61. The van der Waals surface area contributed by atoms with E-state index in [1.165, 1.54) is 0 Å². The van der Waals surface area contributed by atoms with E-state index in [9.17, 15) is 4.79 Å². The number of methoxy groups -OCH3 is 2. The number of carbonyl (C=O) groups is 1. The van der Waals surface area contributed by atoms with Gasteiger partial charge in [-0.1, -0.05) is 0 Å². The van der Waals surface area contributed by atoms with Gasteiger partial charge in [-0.25, -0.2) is 4.98 Å². The van der Waals surface area contributed by atoms with Crippen LogP contribution >= 0.6 is 0 Å². The zero-order chi connectivity index (χ0) is 19.5. The highest BCUT2D eigenvalue weighted by atomic mass is 16.5. The zero-order valence-electron chi connectivity index (χ0n) is 15.5. The SMILES string of the molecule is COc1ccc(NC(=O)C2Cc3c(-c4ccncc4)ccnc3O2)cc1OC. The molecule has 1 aromatic carbocycles. The summed E-state index contributed by atoms with van der Waals surface area (Å²) in [6, 6.07) is 11.0. The number of hydrogen-bond donors (Lipinski definition) is 1. The van der Waals surface area contributed by atoms with Crippen molar-refractivity contribution >= 4 is 11.6 Å². The molecule has 0 saturated carbocycles. The minimum atomic E-state index is -0.654. The number of carbonyl (C=O) groups excluding carboxylic acids is 1. The number of rotatable bonds is 5. The van der Waals surface area contributed by atoms with Gasteiger partial charge in [-0.3, -0.25) is 9.78 Å². The van der Waals surface area contributed by atoms with E-state index in [4.69, 9.17) is 14.2 Å². The van der Waals surface area contributed by atoms with Crippen molar-refractivity contribution in [1.82, 2.24) is 9.97 Å². The Morgan fingerprint density at radius 1 is 1.07 bits per heavy atom. The molecule has 0 bridgehead atoms. The molecule has 1 N–H and O–H groups in total. The summed E-state index contributed by atoms with van der Waals surface area (Å²) in [7, 11) is 3.11. The normalized spacial score (nSPS) is 14.7. The third kappa shape index (κ3) is 3.34. The Morgan fingerprint density at radius 2 is 1.86 bits per heavy atom. The summed E-state index contributed by atoms with van der Waals surface area (Å²) in [5, 5.41) is 2.87. The number of pyridine rings is 2. The molecule has 1 unspecified atom stereocenters. The van der Waals surface area contributed by atoms with Crippen LogP contribution in [0.2, 0.25) is 0 Å². The van der Waals surface area contributed by atoms with Gasteiger partial charge in [-0.05, 0) is 41.5 Å². The highest BCUT2D eigenvalue weighted by Gasteiger charge is 2.32. The van der Waals surface area contributed by atoms with Gasteiger partial charge in [0, 0.05) is 42.3 Å². The molecule has 142 valence electrons. The van der Waals surface area contributed by atoms with Gasteiger partial charge in [0.15, 0.2) is 17.6 Å². The number of hydrogen-bond acceptors (Lipinski definition) is 6. The van der Waals surface area contributed by atoms with Gasteiger partial charge < -0.3 is 19.5 Å². The fourth-order valence-corrected chi connectivity index (χ4v) is 3.22. The van der Waals surface area contributed by atoms with Gasteiger partial charge in [0.05, 0.1) is 14.2 Å². The van der Waals surface area contributed by atoms with Crippen LogP contribution in [0.3, 0.4) is 0 Å². The van der Waals surface area contributed by atoms with E-state index < -0.39 is 6.10 Å². The van der Waals surface area contributed by atoms with Crippen LogP contribution in [0.25, 0.3) is 11.1 Å². The summed E-state index contributed by atoms with van der Waals surface area (Å²) in [4.78, 5) is 21.1. The number of amides is 1. The van der Waals surface area contributed by atoms with E-state index in [2.05, 4.69) is 15.3 Å². The largest absolute Gasteiger partial charge is 0.493 e. The molecule has 28 heavy (non-hydrogen) atoms. The van der Waals surface area contributed by atoms with E-state index in [0.717, 1.165) is 16.7 Å². The number of nitrogens with zero attached hydrogens (tertiary/aromatic N) is 2. The first-order valence-corrected chi connectivity index (χ1v) is 8.77. The predicted molar refractivity (Wildman–Crippen MR) is 104 cm³/mol. The van der Waals surface area contributed by atoms with E-state index in [1.807, 2.05) is 18.2 Å². The number of ether oxygens (including phenoxy) is 3. The topological polar surface area (TPSA) is 82.6 Å². The Balaban J connectivity index is 1.53. The summed E-state index contributed by atoms with van der Waals surface area (Å²) >= 11 is 0. The number of aromatic nitrogens is 2. The molecule has 1 aliphatic heterocycles. The van der Waals surface area contributed by atoms with E-state index >= 15 is 0 Å². The maximum atomic E-state index is 12.7. The second kappa shape index (κ2) is 7.56. The van der Waals surface area contributed by atoms with Crippen LogP contribution in [0.4, 0.5) is 5.69 Å². The zero-order valence-corrected chi connectivity index (χ0v) is 15.5. The Morgan fingerprint density at radius 3 is 2.61 bits per heavy atom. The third-order valence-corrected chi connectivity index (χ3v) is 4.59. The van der Waals surface area contributed by atoms with Gasteiger partial charge in [0.25, 0.3) is 5.91 Å². The number of benzene rings is 1. The van der Waals surface area contributed by atoms with Gasteiger partial charge in [-0.15, -0.1) is 0 Å².